The second-order valence-electron chi connectivity index (χ2n) is 9.96. The maximum Gasteiger partial charge on any atom is 0.229 e. The molecular formula is C30H38N6O2. The quantitative estimate of drug-likeness (QED) is 0.212. The summed E-state index contributed by atoms with van der Waals surface area (Å²) in [4.78, 5) is 14.4. The maximum atomic E-state index is 5.82. The van der Waals surface area contributed by atoms with E-state index in [0.717, 1.165) is 60.8 Å². The third kappa shape index (κ3) is 7.37. The van der Waals surface area contributed by atoms with Crippen LogP contribution in [0.5, 0.6) is 11.5 Å². The Labute approximate surface area is 225 Å². The Kier molecular flexibility index (Phi) is 8.92. The number of aromatic nitrogens is 2. The van der Waals surface area contributed by atoms with Crippen LogP contribution in [-0.2, 0) is 0 Å². The maximum absolute atomic E-state index is 5.82. The van der Waals surface area contributed by atoms with Crippen LogP contribution in [0.3, 0.4) is 0 Å². The molecule has 2 aliphatic heterocycles. The van der Waals surface area contributed by atoms with Crippen molar-refractivity contribution in [1.82, 2.24) is 9.97 Å². The zero-order chi connectivity index (χ0) is 26.0. The Morgan fingerprint density at radius 3 is 2.18 bits per heavy atom. The molecule has 0 radical (unpaired) electrons. The van der Waals surface area contributed by atoms with Crippen LogP contribution < -0.4 is 24.7 Å². The van der Waals surface area contributed by atoms with E-state index in [1.54, 1.807) is 6.21 Å². The van der Waals surface area contributed by atoms with E-state index in [1.807, 2.05) is 48.5 Å². The normalized spacial score (nSPS) is 16.0. The Morgan fingerprint density at radius 2 is 1.47 bits per heavy atom. The summed E-state index contributed by atoms with van der Waals surface area (Å²) in [6.07, 6.45) is 9.18. The van der Waals surface area contributed by atoms with Gasteiger partial charge in [-0.15, -0.1) is 0 Å². The summed E-state index contributed by atoms with van der Waals surface area (Å²) < 4.78 is 11.6. The summed E-state index contributed by atoms with van der Waals surface area (Å²) in [5.41, 5.74) is 5.30. The number of benzene rings is 2. The SMILES string of the molecule is Cc1cccc(OCCOc2ccc(/C=N\Nc3cc(N4CCCCC4)nc(N4CCCCC4)n3)cc2)c1. The predicted molar refractivity (Wildman–Crippen MR) is 154 cm³/mol. The monoisotopic (exact) mass is 514 g/mol. The van der Waals surface area contributed by atoms with Gasteiger partial charge in [0.2, 0.25) is 5.95 Å². The lowest BCUT2D eigenvalue weighted by atomic mass is 10.1. The van der Waals surface area contributed by atoms with Crippen molar-refractivity contribution in [3.63, 3.8) is 0 Å². The molecule has 2 saturated heterocycles. The van der Waals surface area contributed by atoms with E-state index < -0.39 is 0 Å². The van der Waals surface area contributed by atoms with Gasteiger partial charge in [-0.1, -0.05) is 12.1 Å². The fourth-order valence-electron chi connectivity index (χ4n) is 4.85. The van der Waals surface area contributed by atoms with E-state index in [4.69, 9.17) is 19.4 Å². The van der Waals surface area contributed by atoms with Crippen LogP contribution in [0, 0.1) is 6.92 Å². The highest BCUT2D eigenvalue weighted by molar-refractivity contribution is 5.80. The molecule has 2 fully saturated rings. The highest BCUT2D eigenvalue weighted by atomic mass is 16.5. The number of hydrogen-bond donors (Lipinski definition) is 1. The Hall–Kier alpha value is -3.81. The zero-order valence-electron chi connectivity index (χ0n) is 22.3. The van der Waals surface area contributed by atoms with Crippen LogP contribution >= 0.6 is 0 Å². The number of aryl methyl sites for hydroxylation is 1. The standard InChI is InChI=1S/C30H38N6O2/c1-24-9-8-10-27(21-24)38-20-19-37-26-13-11-25(12-14-26)23-31-34-28-22-29(35-15-4-2-5-16-35)33-30(32-28)36-17-6-3-7-18-36/h8-14,21-23H,2-7,15-20H2,1H3,(H,32,33,34)/b31-23-. The van der Waals surface area contributed by atoms with E-state index in [-0.39, 0.29) is 0 Å². The van der Waals surface area contributed by atoms with E-state index >= 15 is 0 Å². The minimum Gasteiger partial charge on any atom is -0.490 e. The van der Waals surface area contributed by atoms with Gasteiger partial charge in [0.25, 0.3) is 0 Å². The van der Waals surface area contributed by atoms with Gasteiger partial charge in [0.1, 0.15) is 30.5 Å². The summed E-state index contributed by atoms with van der Waals surface area (Å²) >= 11 is 0. The molecule has 0 unspecified atom stereocenters. The molecule has 0 saturated carbocycles. The first-order valence-electron chi connectivity index (χ1n) is 13.8. The van der Waals surface area contributed by atoms with Gasteiger partial charge in [-0.05, 0) is 93.0 Å². The molecule has 1 N–H and O–H groups in total. The number of ether oxygens (including phenoxy) is 2. The van der Waals surface area contributed by atoms with Gasteiger partial charge < -0.3 is 19.3 Å². The van der Waals surface area contributed by atoms with Gasteiger partial charge in [-0.25, -0.2) is 0 Å². The molecule has 3 aromatic rings. The number of nitrogens with one attached hydrogen (secondary N) is 1. The van der Waals surface area contributed by atoms with Crippen molar-refractivity contribution >= 4 is 23.8 Å². The first kappa shape index (κ1) is 25.8. The number of anilines is 3. The van der Waals surface area contributed by atoms with Crippen LogP contribution in [0.4, 0.5) is 17.6 Å². The number of hydrazone groups is 1. The molecule has 2 aliphatic rings. The molecule has 5 rings (SSSR count). The molecule has 1 aromatic heterocycles. The van der Waals surface area contributed by atoms with Crippen LogP contribution in [0.15, 0.2) is 59.7 Å². The number of nitrogens with zero attached hydrogens (tertiary/aromatic N) is 5. The highest BCUT2D eigenvalue weighted by Crippen LogP contribution is 2.25. The van der Waals surface area contributed by atoms with E-state index in [9.17, 15) is 0 Å². The van der Waals surface area contributed by atoms with Crippen molar-refractivity contribution in [2.45, 2.75) is 45.4 Å². The molecule has 38 heavy (non-hydrogen) atoms. The minimum atomic E-state index is 0.481. The van der Waals surface area contributed by atoms with E-state index in [2.05, 4.69) is 33.3 Å². The first-order valence-corrected chi connectivity index (χ1v) is 13.8. The van der Waals surface area contributed by atoms with Gasteiger partial charge in [-0.3, -0.25) is 5.43 Å². The van der Waals surface area contributed by atoms with Crippen LogP contribution in [-0.4, -0.2) is 55.6 Å². The van der Waals surface area contributed by atoms with E-state index in [1.165, 1.54) is 44.1 Å². The second kappa shape index (κ2) is 13.1. The van der Waals surface area contributed by atoms with Crippen molar-refractivity contribution in [2.24, 2.45) is 5.10 Å². The lowest BCUT2D eigenvalue weighted by Gasteiger charge is -2.31. The fraction of sp³-hybridized carbons (Fsp3) is 0.433. The first-order chi connectivity index (χ1) is 18.7. The number of rotatable bonds is 10. The average Bonchev–Trinajstić information content (AvgIpc) is 2.97. The van der Waals surface area contributed by atoms with Crippen LogP contribution in [0.25, 0.3) is 0 Å². The lowest BCUT2D eigenvalue weighted by Crippen LogP contribution is -2.33. The van der Waals surface area contributed by atoms with Gasteiger partial charge in [0, 0.05) is 32.2 Å². The van der Waals surface area contributed by atoms with Gasteiger partial charge >= 0.3 is 0 Å². The summed E-state index contributed by atoms with van der Waals surface area (Å²) in [6.45, 7) is 7.15. The molecule has 2 aromatic carbocycles. The molecule has 3 heterocycles. The molecule has 8 nitrogen and oxygen atoms in total. The van der Waals surface area contributed by atoms with E-state index in [0.29, 0.717) is 13.2 Å². The van der Waals surface area contributed by atoms with Crippen molar-refractivity contribution in [3.8, 4) is 11.5 Å². The topological polar surface area (TPSA) is 75.1 Å². The smallest absolute Gasteiger partial charge is 0.229 e. The molecule has 0 spiro atoms. The molecule has 200 valence electrons. The fourth-order valence-corrected chi connectivity index (χ4v) is 4.85. The van der Waals surface area contributed by atoms with Gasteiger partial charge in [-0.2, -0.15) is 15.1 Å². The third-order valence-corrected chi connectivity index (χ3v) is 6.90. The molecule has 0 atom stereocenters. The second-order valence-corrected chi connectivity index (χ2v) is 9.96. The summed E-state index contributed by atoms with van der Waals surface area (Å²) in [7, 11) is 0. The van der Waals surface area contributed by atoms with Crippen molar-refractivity contribution in [1.29, 1.82) is 0 Å². The molecule has 0 bridgehead atoms. The largest absolute Gasteiger partial charge is 0.490 e. The molecule has 8 heteroatoms. The van der Waals surface area contributed by atoms with Gasteiger partial charge in [0.15, 0.2) is 5.82 Å². The zero-order valence-corrected chi connectivity index (χ0v) is 22.3. The van der Waals surface area contributed by atoms with Crippen molar-refractivity contribution in [3.05, 3.63) is 65.7 Å². The Bertz CT molecular complexity index is 1150. The van der Waals surface area contributed by atoms with Crippen LogP contribution in [0.1, 0.15) is 49.7 Å². The summed E-state index contributed by atoms with van der Waals surface area (Å²) in [6, 6.07) is 17.9. The molecule has 0 aliphatic carbocycles. The Morgan fingerprint density at radius 1 is 0.789 bits per heavy atom. The highest BCUT2D eigenvalue weighted by Gasteiger charge is 2.19. The predicted octanol–water partition coefficient (Wildman–Crippen LogP) is 5.67. The summed E-state index contributed by atoms with van der Waals surface area (Å²) in [5, 5.41) is 4.47. The number of piperidine rings is 2. The van der Waals surface area contributed by atoms with Crippen molar-refractivity contribution < 1.29 is 9.47 Å². The van der Waals surface area contributed by atoms with Crippen LogP contribution in [0.2, 0.25) is 0 Å². The average molecular weight is 515 g/mol. The lowest BCUT2D eigenvalue weighted by molar-refractivity contribution is 0.217. The minimum absolute atomic E-state index is 0.481. The molecule has 0 amide bonds. The van der Waals surface area contributed by atoms with Gasteiger partial charge in [0.05, 0.1) is 6.21 Å². The molecular weight excluding hydrogens is 476 g/mol. The number of hydrogen-bond acceptors (Lipinski definition) is 8. The Balaban J connectivity index is 1.16. The van der Waals surface area contributed by atoms with Crippen molar-refractivity contribution in [2.75, 3.05) is 54.6 Å². The third-order valence-electron chi connectivity index (χ3n) is 6.90. The summed E-state index contributed by atoms with van der Waals surface area (Å²) in [5.74, 6) is 4.19.